The minimum Gasteiger partial charge on any atom is -0.465 e. The Bertz CT molecular complexity index is 630. The summed E-state index contributed by atoms with van der Waals surface area (Å²) in [4.78, 5) is 24.0. The second kappa shape index (κ2) is 7.09. The lowest BCUT2D eigenvalue weighted by Crippen LogP contribution is -2.28. The van der Waals surface area contributed by atoms with E-state index in [0.717, 1.165) is 0 Å². The van der Waals surface area contributed by atoms with Gasteiger partial charge in [-0.2, -0.15) is 0 Å². The zero-order chi connectivity index (χ0) is 15.1. The van der Waals surface area contributed by atoms with Gasteiger partial charge in [0.05, 0.1) is 12.9 Å². The van der Waals surface area contributed by atoms with Crippen molar-refractivity contribution < 1.29 is 18.7 Å². The fourth-order valence-corrected chi connectivity index (χ4v) is 1.65. The highest BCUT2D eigenvalue weighted by molar-refractivity contribution is 6.03. The van der Waals surface area contributed by atoms with Crippen LogP contribution in [0.15, 0.2) is 58.8 Å². The van der Waals surface area contributed by atoms with E-state index in [-0.39, 0.29) is 18.2 Å². The van der Waals surface area contributed by atoms with Gasteiger partial charge < -0.3 is 14.5 Å². The fraction of sp³-hybridized carbons (Fsp3) is 0.125. The van der Waals surface area contributed by atoms with Gasteiger partial charge in [-0.15, -0.1) is 0 Å². The molecule has 0 aliphatic heterocycles. The minimum absolute atomic E-state index is 0.0284. The lowest BCUT2D eigenvalue weighted by molar-refractivity contribution is -0.138. The van der Waals surface area contributed by atoms with Gasteiger partial charge in [-0.25, -0.2) is 4.79 Å². The van der Waals surface area contributed by atoms with Crippen molar-refractivity contribution in [2.24, 2.45) is 0 Å². The summed E-state index contributed by atoms with van der Waals surface area (Å²) >= 11 is 0. The molecule has 0 radical (unpaired) electrons. The van der Waals surface area contributed by atoms with Crippen LogP contribution in [-0.2, 0) is 9.53 Å². The first kappa shape index (κ1) is 14.6. The molecule has 0 spiro atoms. The Kier molecular flexibility index (Phi) is 4.93. The maximum Gasteiger partial charge on any atom is 0.354 e. The predicted octanol–water partition coefficient (Wildman–Crippen LogP) is 2.61. The number of furan rings is 1. The van der Waals surface area contributed by atoms with Gasteiger partial charge >= 0.3 is 5.97 Å². The highest BCUT2D eigenvalue weighted by Gasteiger charge is 2.15. The molecule has 1 amide bonds. The van der Waals surface area contributed by atoms with E-state index in [2.05, 4.69) is 5.32 Å². The largest absolute Gasteiger partial charge is 0.465 e. The summed E-state index contributed by atoms with van der Waals surface area (Å²) < 4.78 is 10.1. The van der Waals surface area contributed by atoms with E-state index in [1.165, 1.54) is 12.3 Å². The van der Waals surface area contributed by atoms with Gasteiger partial charge in [0.15, 0.2) is 0 Å². The number of hydrogen-bond donors (Lipinski definition) is 1. The van der Waals surface area contributed by atoms with Crippen molar-refractivity contribution >= 4 is 18.0 Å². The van der Waals surface area contributed by atoms with Gasteiger partial charge in [0, 0.05) is 11.6 Å². The molecule has 1 aromatic carbocycles. The van der Waals surface area contributed by atoms with E-state index in [9.17, 15) is 9.59 Å². The molecule has 108 valence electrons. The predicted molar refractivity (Wildman–Crippen MR) is 77.2 cm³/mol. The van der Waals surface area contributed by atoms with Gasteiger partial charge in [0.1, 0.15) is 11.5 Å². The van der Waals surface area contributed by atoms with Crippen molar-refractivity contribution in [2.45, 2.75) is 6.92 Å². The molecule has 1 aromatic heterocycles. The van der Waals surface area contributed by atoms with Gasteiger partial charge in [-0.3, -0.25) is 4.79 Å². The highest BCUT2D eigenvalue weighted by Crippen LogP contribution is 2.08. The standard InChI is InChI=1S/C16H15NO4/c1-2-20-16(19)14(11-13-9-6-10-21-13)17-15(18)12-7-4-3-5-8-12/h3-11H,2H2,1H3,(H,17,18)/b14-11-. The molecule has 1 N–H and O–H groups in total. The van der Waals surface area contributed by atoms with Crippen LogP contribution in [0, 0.1) is 0 Å². The van der Waals surface area contributed by atoms with E-state index in [4.69, 9.17) is 9.15 Å². The summed E-state index contributed by atoms with van der Waals surface area (Å²) in [6.45, 7) is 1.91. The number of carbonyl (C=O) groups excluding carboxylic acids is 2. The Morgan fingerprint density at radius 1 is 1.19 bits per heavy atom. The number of carbonyl (C=O) groups is 2. The van der Waals surface area contributed by atoms with Crippen molar-refractivity contribution in [3.8, 4) is 0 Å². The molecule has 2 rings (SSSR count). The molecule has 21 heavy (non-hydrogen) atoms. The molecule has 0 saturated heterocycles. The van der Waals surface area contributed by atoms with Crippen molar-refractivity contribution in [1.29, 1.82) is 0 Å². The number of rotatable bonds is 5. The molecule has 0 atom stereocenters. The molecule has 0 aliphatic rings. The second-order valence-corrected chi connectivity index (χ2v) is 4.11. The quantitative estimate of drug-likeness (QED) is 0.677. The van der Waals surface area contributed by atoms with Crippen LogP contribution in [-0.4, -0.2) is 18.5 Å². The Labute approximate surface area is 122 Å². The summed E-state index contributed by atoms with van der Waals surface area (Å²) in [7, 11) is 0. The number of benzene rings is 1. The number of amides is 1. The summed E-state index contributed by atoms with van der Waals surface area (Å²) in [6, 6.07) is 12.0. The molecule has 0 bridgehead atoms. The third-order valence-electron chi connectivity index (χ3n) is 2.61. The first-order valence-corrected chi connectivity index (χ1v) is 6.49. The van der Waals surface area contributed by atoms with E-state index in [1.807, 2.05) is 6.07 Å². The average molecular weight is 285 g/mol. The third-order valence-corrected chi connectivity index (χ3v) is 2.61. The molecule has 5 nitrogen and oxygen atoms in total. The van der Waals surface area contributed by atoms with Crippen LogP contribution in [0.4, 0.5) is 0 Å². The van der Waals surface area contributed by atoms with E-state index in [1.54, 1.807) is 43.3 Å². The summed E-state index contributed by atoms with van der Waals surface area (Å²) in [5.41, 5.74) is 0.479. The highest BCUT2D eigenvalue weighted by atomic mass is 16.5. The molecule has 0 fully saturated rings. The summed E-state index contributed by atoms with van der Waals surface area (Å²) in [5, 5.41) is 2.54. The van der Waals surface area contributed by atoms with Crippen molar-refractivity contribution in [3.05, 3.63) is 65.7 Å². The zero-order valence-electron chi connectivity index (χ0n) is 11.5. The summed E-state index contributed by atoms with van der Waals surface area (Å²) in [6.07, 6.45) is 2.91. The molecule has 0 unspecified atom stereocenters. The Morgan fingerprint density at radius 3 is 2.57 bits per heavy atom. The minimum atomic E-state index is -0.613. The van der Waals surface area contributed by atoms with Crippen LogP contribution in [0.25, 0.3) is 6.08 Å². The zero-order valence-corrected chi connectivity index (χ0v) is 11.5. The van der Waals surface area contributed by atoms with E-state index >= 15 is 0 Å². The average Bonchev–Trinajstić information content (AvgIpc) is 3.00. The SMILES string of the molecule is CCOC(=O)/C(=C/c1ccco1)NC(=O)c1ccccc1. The van der Waals surface area contributed by atoms with Crippen LogP contribution in [0.3, 0.4) is 0 Å². The first-order valence-electron chi connectivity index (χ1n) is 6.49. The van der Waals surface area contributed by atoms with Crippen LogP contribution in [0.1, 0.15) is 23.0 Å². The van der Waals surface area contributed by atoms with Crippen molar-refractivity contribution in [1.82, 2.24) is 5.32 Å². The molecular weight excluding hydrogens is 270 g/mol. The molecule has 0 aliphatic carbocycles. The number of nitrogens with one attached hydrogen (secondary N) is 1. The third kappa shape index (κ3) is 4.07. The first-order chi connectivity index (χ1) is 10.2. The smallest absolute Gasteiger partial charge is 0.354 e. The lowest BCUT2D eigenvalue weighted by Gasteiger charge is -2.08. The van der Waals surface area contributed by atoms with Crippen molar-refractivity contribution in [2.75, 3.05) is 6.61 Å². The van der Waals surface area contributed by atoms with E-state index < -0.39 is 5.97 Å². The summed E-state index contributed by atoms with van der Waals surface area (Å²) in [5.74, 6) is -0.550. The topological polar surface area (TPSA) is 68.5 Å². The van der Waals surface area contributed by atoms with Crippen LogP contribution < -0.4 is 5.32 Å². The van der Waals surface area contributed by atoms with Crippen LogP contribution >= 0.6 is 0 Å². The normalized spacial score (nSPS) is 11.0. The molecular formula is C16H15NO4. The Balaban J connectivity index is 2.20. The van der Waals surface area contributed by atoms with Gasteiger partial charge in [-0.1, -0.05) is 18.2 Å². The second-order valence-electron chi connectivity index (χ2n) is 4.11. The Morgan fingerprint density at radius 2 is 1.95 bits per heavy atom. The fourth-order valence-electron chi connectivity index (χ4n) is 1.65. The molecule has 1 heterocycles. The van der Waals surface area contributed by atoms with E-state index in [0.29, 0.717) is 11.3 Å². The number of esters is 1. The van der Waals surface area contributed by atoms with Gasteiger partial charge in [0.25, 0.3) is 5.91 Å². The number of hydrogen-bond acceptors (Lipinski definition) is 4. The van der Waals surface area contributed by atoms with Crippen LogP contribution in [0.5, 0.6) is 0 Å². The van der Waals surface area contributed by atoms with Gasteiger partial charge in [-0.05, 0) is 31.2 Å². The van der Waals surface area contributed by atoms with Crippen LogP contribution in [0.2, 0.25) is 0 Å². The maximum absolute atomic E-state index is 12.1. The number of ether oxygens (including phenoxy) is 1. The molecule has 5 heteroatoms. The molecule has 0 saturated carbocycles. The Hall–Kier alpha value is -2.82. The monoisotopic (exact) mass is 285 g/mol. The molecule has 2 aromatic rings. The van der Waals surface area contributed by atoms with Gasteiger partial charge in [0.2, 0.25) is 0 Å². The van der Waals surface area contributed by atoms with Crippen molar-refractivity contribution in [3.63, 3.8) is 0 Å². The lowest BCUT2D eigenvalue weighted by atomic mass is 10.2. The maximum atomic E-state index is 12.1.